The van der Waals surface area contributed by atoms with Gasteiger partial charge in [-0.25, -0.2) is 4.98 Å². The number of thiazole rings is 1. The minimum Gasteiger partial charge on any atom is -0.316 e. The summed E-state index contributed by atoms with van der Waals surface area (Å²) in [6.45, 7) is 7.71. The van der Waals surface area contributed by atoms with Crippen molar-refractivity contribution in [3.8, 4) is 0 Å². The highest BCUT2D eigenvalue weighted by Gasteiger charge is 2.18. The van der Waals surface area contributed by atoms with Crippen molar-refractivity contribution in [2.45, 2.75) is 45.6 Å². The first-order valence-electron chi connectivity index (χ1n) is 8.86. The van der Waals surface area contributed by atoms with Gasteiger partial charge in [-0.05, 0) is 57.2 Å². The van der Waals surface area contributed by atoms with Crippen LogP contribution in [0.1, 0.15) is 44.7 Å². The van der Waals surface area contributed by atoms with E-state index in [1.165, 1.54) is 25.8 Å². The first-order chi connectivity index (χ1) is 11.2. The smallest absolute Gasteiger partial charge is 0.226 e. The van der Waals surface area contributed by atoms with Crippen LogP contribution >= 0.6 is 36.2 Å². The van der Waals surface area contributed by atoms with Crippen LogP contribution in [0.2, 0.25) is 0 Å². The van der Waals surface area contributed by atoms with Gasteiger partial charge in [-0.1, -0.05) is 6.92 Å². The van der Waals surface area contributed by atoms with Crippen LogP contribution in [-0.2, 0) is 11.3 Å². The molecule has 0 bridgehead atoms. The number of hydrogen-bond acceptors (Lipinski definition) is 5. The lowest BCUT2D eigenvalue weighted by atomic mass is 10.0. The normalized spacial score (nSPS) is 23.6. The molecule has 2 unspecified atom stereocenters. The number of amides is 1. The molecule has 0 radical (unpaired) electrons. The maximum atomic E-state index is 12.0. The molecule has 2 aliphatic heterocycles. The van der Waals surface area contributed by atoms with Gasteiger partial charge in [0.2, 0.25) is 5.91 Å². The van der Waals surface area contributed by atoms with Crippen molar-refractivity contribution < 1.29 is 4.79 Å². The second kappa shape index (κ2) is 11.3. The Labute approximate surface area is 167 Å². The van der Waals surface area contributed by atoms with Crippen LogP contribution in [0, 0.1) is 11.8 Å². The molecule has 2 fully saturated rings. The van der Waals surface area contributed by atoms with Crippen molar-refractivity contribution in [1.82, 2.24) is 15.2 Å². The van der Waals surface area contributed by atoms with Gasteiger partial charge in [-0.15, -0.1) is 36.2 Å². The van der Waals surface area contributed by atoms with E-state index in [1.54, 1.807) is 11.3 Å². The van der Waals surface area contributed by atoms with Crippen molar-refractivity contribution in [3.63, 3.8) is 0 Å². The Morgan fingerprint density at radius 3 is 3.00 bits per heavy atom. The van der Waals surface area contributed by atoms with Gasteiger partial charge in [-0.2, -0.15) is 0 Å². The van der Waals surface area contributed by atoms with Gasteiger partial charge in [0.15, 0.2) is 5.13 Å². The highest BCUT2D eigenvalue weighted by Crippen LogP contribution is 2.21. The largest absolute Gasteiger partial charge is 0.316 e. The Kier molecular flexibility index (Phi) is 10.3. The van der Waals surface area contributed by atoms with Crippen LogP contribution in [-0.4, -0.2) is 42.0 Å². The first kappa shape index (κ1) is 22.6. The summed E-state index contributed by atoms with van der Waals surface area (Å²) in [5, 5.41) is 9.13. The Hall–Kier alpha value is -0.400. The summed E-state index contributed by atoms with van der Waals surface area (Å²) in [5.74, 6) is 1.55. The molecule has 2 atom stereocenters. The summed E-state index contributed by atoms with van der Waals surface area (Å²) in [7, 11) is 0. The van der Waals surface area contributed by atoms with E-state index in [-0.39, 0.29) is 30.7 Å². The number of carbonyl (C=O) groups excluding carboxylic acids is 1. The Balaban J connectivity index is 0.00000156. The third kappa shape index (κ3) is 7.39. The van der Waals surface area contributed by atoms with Crippen molar-refractivity contribution in [2.75, 3.05) is 31.5 Å². The van der Waals surface area contributed by atoms with E-state index in [9.17, 15) is 4.79 Å². The fourth-order valence-electron chi connectivity index (χ4n) is 3.57. The highest BCUT2D eigenvalue weighted by molar-refractivity contribution is 7.13. The molecule has 1 aromatic rings. The quantitative estimate of drug-likeness (QED) is 0.755. The third-order valence-corrected chi connectivity index (χ3v) is 5.67. The molecule has 2 aliphatic rings. The molecule has 2 saturated heterocycles. The van der Waals surface area contributed by atoms with Gasteiger partial charge in [0.05, 0.1) is 5.69 Å². The summed E-state index contributed by atoms with van der Waals surface area (Å²) in [6, 6.07) is 0. The fraction of sp³-hybridized carbons (Fsp3) is 0.765. The van der Waals surface area contributed by atoms with E-state index in [4.69, 9.17) is 0 Å². The van der Waals surface area contributed by atoms with Crippen molar-refractivity contribution in [2.24, 2.45) is 11.8 Å². The average Bonchev–Trinajstić information content (AvgIpc) is 3.17. The summed E-state index contributed by atoms with van der Waals surface area (Å²) in [6.07, 6.45) is 5.40. The van der Waals surface area contributed by atoms with Crippen LogP contribution in [0.15, 0.2) is 5.38 Å². The number of halogens is 2. The molecule has 3 rings (SSSR count). The van der Waals surface area contributed by atoms with Gasteiger partial charge < -0.3 is 10.6 Å². The number of rotatable bonds is 6. The van der Waals surface area contributed by atoms with Crippen molar-refractivity contribution in [3.05, 3.63) is 11.1 Å². The van der Waals surface area contributed by atoms with Crippen LogP contribution < -0.4 is 10.6 Å². The summed E-state index contributed by atoms with van der Waals surface area (Å²) < 4.78 is 0. The molecule has 5 nitrogen and oxygen atoms in total. The molecule has 8 heteroatoms. The van der Waals surface area contributed by atoms with Crippen molar-refractivity contribution in [1.29, 1.82) is 0 Å². The predicted molar refractivity (Wildman–Crippen MR) is 109 cm³/mol. The van der Waals surface area contributed by atoms with E-state index < -0.39 is 0 Å². The SMILES string of the molecule is CC1CCCN(Cc2csc(NC(=O)CCC3CCNC3)n2)C1.Cl.Cl. The third-order valence-electron chi connectivity index (χ3n) is 4.87. The topological polar surface area (TPSA) is 57.3 Å². The lowest BCUT2D eigenvalue weighted by molar-refractivity contribution is -0.116. The average molecular weight is 409 g/mol. The van der Waals surface area contributed by atoms with Crippen LogP contribution in [0.4, 0.5) is 5.13 Å². The molecule has 1 aromatic heterocycles. The van der Waals surface area contributed by atoms with E-state index in [2.05, 4.69) is 32.8 Å². The molecule has 1 amide bonds. The lowest BCUT2D eigenvalue weighted by Crippen LogP contribution is -2.33. The maximum absolute atomic E-state index is 12.0. The van der Waals surface area contributed by atoms with E-state index in [0.717, 1.165) is 49.3 Å². The fourth-order valence-corrected chi connectivity index (χ4v) is 4.29. The van der Waals surface area contributed by atoms with Crippen LogP contribution in [0.5, 0.6) is 0 Å². The van der Waals surface area contributed by atoms with Gasteiger partial charge in [-0.3, -0.25) is 9.69 Å². The number of anilines is 1. The lowest BCUT2D eigenvalue weighted by Gasteiger charge is -2.30. The monoisotopic (exact) mass is 408 g/mol. The van der Waals surface area contributed by atoms with Gasteiger partial charge >= 0.3 is 0 Å². The minimum absolute atomic E-state index is 0. The molecule has 0 aliphatic carbocycles. The standard InChI is InChI=1S/C17H28N4OS.2ClH/c1-13-3-2-8-21(10-13)11-15-12-23-17(19-15)20-16(22)5-4-14-6-7-18-9-14;;/h12-14,18H,2-11H2,1H3,(H,19,20,22);2*1H. The summed E-state index contributed by atoms with van der Waals surface area (Å²) >= 11 is 1.54. The van der Waals surface area contributed by atoms with Gasteiger partial charge in [0.1, 0.15) is 0 Å². The predicted octanol–water partition coefficient (Wildman–Crippen LogP) is 3.55. The number of piperidine rings is 1. The highest BCUT2D eigenvalue weighted by atomic mass is 35.5. The number of likely N-dealkylation sites (tertiary alicyclic amines) is 1. The maximum Gasteiger partial charge on any atom is 0.226 e. The Bertz CT molecular complexity index is 523. The van der Waals surface area contributed by atoms with Crippen LogP contribution in [0.3, 0.4) is 0 Å². The van der Waals surface area contributed by atoms with E-state index in [0.29, 0.717) is 12.3 Å². The molecule has 0 saturated carbocycles. The minimum atomic E-state index is 0. The Morgan fingerprint density at radius 1 is 1.44 bits per heavy atom. The molecule has 0 aromatic carbocycles. The summed E-state index contributed by atoms with van der Waals surface area (Å²) in [4.78, 5) is 19.1. The Morgan fingerprint density at radius 2 is 2.28 bits per heavy atom. The number of nitrogens with zero attached hydrogens (tertiary/aromatic N) is 2. The molecule has 25 heavy (non-hydrogen) atoms. The zero-order valence-electron chi connectivity index (χ0n) is 14.8. The van der Waals surface area contributed by atoms with Gasteiger partial charge in [0.25, 0.3) is 0 Å². The molecule has 144 valence electrons. The number of aromatic nitrogens is 1. The van der Waals surface area contributed by atoms with Crippen LogP contribution in [0.25, 0.3) is 0 Å². The van der Waals surface area contributed by atoms with E-state index in [1.807, 2.05) is 0 Å². The van der Waals surface area contributed by atoms with Crippen molar-refractivity contribution >= 4 is 47.2 Å². The molecule has 0 spiro atoms. The van der Waals surface area contributed by atoms with E-state index >= 15 is 0 Å². The molecular weight excluding hydrogens is 379 g/mol. The number of hydrogen-bond donors (Lipinski definition) is 2. The second-order valence-electron chi connectivity index (χ2n) is 7.07. The first-order valence-corrected chi connectivity index (χ1v) is 9.74. The number of carbonyl (C=O) groups is 1. The second-order valence-corrected chi connectivity index (χ2v) is 7.93. The van der Waals surface area contributed by atoms with Gasteiger partial charge in [0, 0.05) is 24.9 Å². The number of nitrogens with one attached hydrogen (secondary N) is 2. The molecule has 2 N–H and O–H groups in total. The molecular formula is C17H30Cl2N4OS. The zero-order chi connectivity index (χ0) is 16.1. The zero-order valence-corrected chi connectivity index (χ0v) is 17.3. The molecule has 3 heterocycles. The summed E-state index contributed by atoms with van der Waals surface area (Å²) in [5.41, 5.74) is 1.08.